The van der Waals surface area contributed by atoms with Crippen molar-refractivity contribution in [2.75, 3.05) is 13.1 Å². The SMILES string of the molecule is Cc1ccc2nc(CNC3CCN(Cc4ccccc4)CC3)[nH]c2c1. The van der Waals surface area contributed by atoms with Gasteiger partial charge in [0.25, 0.3) is 0 Å². The second kappa shape index (κ2) is 7.38. The average molecular weight is 334 g/mol. The maximum Gasteiger partial charge on any atom is 0.121 e. The standard InChI is InChI=1S/C21H26N4/c1-16-7-8-19-20(13-16)24-21(23-19)14-22-18-9-11-25(12-10-18)15-17-5-3-2-4-6-17/h2-8,13,18,22H,9-12,14-15H2,1H3,(H,23,24). The largest absolute Gasteiger partial charge is 0.341 e. The number of H-pyrrole nitrogens is 1. The van der Waals surface area contributed by atoms with E-state index in [1.165, 1.54) is 24.0 Å². The number of aromatic amines is 1. The lowest BCUT2D eigenvalue weighted by Gasteiger charge is -2.32. The molecule has 0 spiro atoms. The monoisotopic (exact) mass is 334 g/mol. The lowest BCUT2D eigenvalue weighted by Crippen LogP contribution is -2.42. The minimum absolute atomic E-state index is 0.585. The van der Waals surface area contributed by atoms with Gasteiger partial charge in [-0.3, -0.25) is 4.90 Å². The number of rotatable bonds is 5. The van der Waals surface area contributed by atoms with Gasteiger partial charge in [0.15, 0.2) is 0 Å². The number of aryl methyl sites for hydroxylation is 1. The van der Waals surface area contributed by atoms with Crippen LogP contribution in [0.2, 0.25) is 0 Å². The highest BCUT2D eigenvalue weighted by Gasteiger charge is 2.19. The molecule has 0 saturated carbocycles. The molecule has 1 saturated heterocycles. The minimum atomic E-state index is 0.585. The Morgan fingerprint density at radius 2 is 1.92 bits per heavy atom. The normalized spacial score (nSPS) is 16.5. The predicted molar refractivity (Wildman–Crippen MR) is 102 cm³/mol. The van der Waals surface area contributed by atoms with Gasteiger partial charge in [-0.15, -0.1) is 0 Å². The van der Waals surface area contributed by atoms with Gasteiger partial charge in [-0.1, -0.05) is 36.4 Å². The van der Waals surface area contributed by atoms with Crippen molar-refractivity contribution in [3.8, 4) is 0 Å². The average Bonchev–Trinajstić information content (AvgIpc) is 3.04. The number of hydrogen-bond donors (Lipinski definition) is 2. The molecule has 4 nitrogen and oxygen atoms in total. The molecule has 2 N–H and O–H groups in total. The molecule has 0 bridgehead atoms. The lowest BCUT2D eigenvalue weighted by molar-refractivity contribution is 0.189. The van der Waals surface area contributed by atoms with Gasteiger partial charge in [-0.2, -0.15) is 0 Å². The number of nitrogens with zero attached hydrogens (tertiary/aromatic N) is 2. The molecule has 25 heavy (non-hydrogen) atoms. The van der Waals surface area contributed by atoms with Gasteiger partial charge in [-0.05, 0) is 56.1 Å². The Bertz CT molecular complexity index is 816. The molecule has 1 aromatic heterocycles. The van der Waals surface area contributed by atoms with Crippen molar-refractivity contribution in [2.24, 2.45) is 0 Å². The summed E-state index contributed by atoms with van der Waals surface area (Å²) in [5.74, 6) is 1.03. The maximum absolute atomic E-state index is 4.68. The zero-order valence-corrected chi connectivity index (χ0v) is 14.8. The van der Waals surface area contributed by atoms with Crippen molar-refractivity contribution in [1.29, 1.82) is 0 Å². The van der Waals surface area contributed by atoms with Crippen LogP contribution in [0.25, 0.3) is 11.0 Å². The molecule has 2 aromatic carbocycles. The van der Waals surface area contributed by atoms with Gasteiger partial charge >= 0.3 is 0 Å². The van der Waals surface area contributed by atoms with E-state index in [-0.39, 0.29) is 0 Å². The van der Waals surface area contributed by atoms with Crippen LogP contribution in [0.15, 0.2) is 48.5 Å². The number of hydrogen-bond acceptors (Lipinski definition) is 3. The van der Waals surface area contributed by atoms with E-state index in [1.807, 2.05) is 0 Å². The van der Waals surface area contributed by atoms with Crippen molar-refractivity contribution in [3.05, 3.63) is 65.5 Å². The summed E-state index contributed by atoms with van der Waals surface area (Å²) in [5, 5.41) is 3.68. The van der Waals surface area contributed by atoms with Crippen LogP contribution in [0.1, 0.15) is 29.8 Å². The maximum atomic E-state index is 4.68. The second-order valence-electron chi connectivity index (χ2n) is 7.12. The van der Waals surface area contributed by atoms with Crippen LogP contribution in [-0.2, 0) is 13.1 Å². The van der Waals surface area contributed by atoms with Crippen molar-refractivity contribution < 1.29 is 0 Å². The molecule has 0 unspecified atom stereocenters. The summed E-state index contributed by atoms with van der Waals surface area (Å²) in [7, 11) is 0. The Hall–Kier alpha value is -2.17. The van der Waals surface area contributed by atoms with Crippen LogP contribution in [-0.4, -0.2) is 34.0 Å². The number of likely N-dealkylation sites (tertiary alicyclic amines) is 1. The third kappa shape index (κ3) is 4.09. The Morgan fingerprint density at radius 3 is 2.72 bits per heavy atom. The van der Waals surface area contributed by atoms with E-state index in [4.69, 9.17) is 0 Å². The first-order valence-corrected chi connectivity index (χ1v) is 9.21. The molecular formula is C21H26N4. The zero-order valence-electron chi connectivity index (χ0n) is 14.8. The number of aromatic nitrogens is 2. The van der Waals surface area contributed by atoms with E-state index in [9.17, 15) is 0 Å². The number of fused-ring (bicyclic) bond motifs is 1. The predicted octanol–water partition coefficient (Wildman–Crippen LogP) is 3.63. The van der Waals surface area contributed by atoms with E-state index in [0.29, 0.717) is 6.04 Å². The number of nitrogens with one attached hydrogen (secondary N) is 2. The van der Waals surface area contributed by atoms with E-state index >= 15 is 0 Å². The van der Waals surface area contributed by atoms with Crippen molar-refractivity contribution in [1.82, 2.24) is 20.2 Å². The van der Waals surface area contributed by atoms with Crippen molar-refractivity contribution in [2.45, 2.75) is 38.9 Å². The highest BCUT2D eigenvalue weighted by atomic mass is 15.1. The molecule has 4 heteroatoms. The second-order valence-corrected chi connectivity index (χ2v) is 7.12. The summed E-state index contributed by atoms with van der Waals surface area (Å²) < 4.78 is 0. The molecule has 1 aliphatic rings. The first kappa shape index (κ1) is 16.3. The summed E-state index contributed by atoms with van der Waals surface area (Å²) in [6, 6.07) is 17.7. The van der Waals surface area contributed by atoms with Gasteiger partial charge in [-0.25, -0.2) is 4.98 Å². The topological polar surface area (TPSA) is 44.0 Å². The summed E-state index contributed by atoms with van der Waals surface area (Å²) in [4.78, 5) is 10.7. The Balaban J connectivity index is 1.27. The van der Waals surface area contributed by atoms with Crippen molar-refractivity contribution >= 4 is 11.0 Å². The zero-order chi connectivity index (χ0) is 17.1. The van der Waals surface area contributed by atoms with Crippen LogP contribution in [0.4, 0.5) is 0 Å². The third-order valence-electron chi connectivity index (χ3n) is 5.08. The van der Waals surface area contributed by atoms with Gasteiger partial charge in [0.05, 0.1) is 17.6 Å². The number of piperidine rings is 1. The molecule has 130 valence electrons. The molecule has 1 aliphatic heterocycles. The van der Waals surface area contributed by atoms with Crippen LogP contribution >= 0.6 is 0 Å². The molecule has 2 heterocycles. The highest BCUT2D eigenvalue weighted by Crippen LogP contribution is 2.16. The fourth-order valence-electron chi connectivity index (χ4n) is 3.64. The van der Waals surface area contributed by atoms with E-state index in [1.54, 1.807) is 0 Å². The van der Waals surface area contributed by atoms with Crippen LogP contribution < -0.4 is 5.32 Å². The molecule has 0 radical (unpaired) electrons. The van der Waals surface area contributed by atoms with E-state index in [0.717, 1.165) is 43.0 Å². The summed E-state index contributed by atoms with van der Waals surface area (Å²) in [5.41, 5.74) is 4.86. The van der Waals surface area contributed by atoms with E-state index in [2.05, 4.69) is 75.6 Å². The summed E-state index contributed by atoms with van der Waals surface area (Å²) in [6.07, 6.45) is 2.40. The summed E-state index contributed by atoms with van der Waals surface area (Å²) >= 11 is 0. The van der Waals surface area contributed by atoms with Crippen molar-refractivity contribution in [3.63, 3.8) is 0 Å². The number of benzene rings is 2. The first-order chi connectivity index (χ1) is 12.3. The molecular weight excluding hydrogens is 308 g/mol. The molecule has 4 rings (SSSR count). The fraction of sp³-hybridized carbons (Fsp3) is 0.381. The van der Waals surface area contributed by atoms with Crippen LogP contribution in [0, 0.1) is 6.92 Å². The Kier molecular flexibility index (Phi) is 4.81. The molecule has 3 aromatic rings. The quantitative estimate of drug-likeness (QED) is 0.749. The summed E-state index contributed by atoms with van der Waals surface area (Å²) in [6.45, 7) is 6.31. The van der Waals surface area contributed by atoms with Gasteiger partial charge in [0.1, 0.15) is 5.82 Å². The fourth-order valence-corrected chi connectivity index (χ4v) is 3.64. The van der Waals surface area contributed by atoms with Gasteiger partial charge in [0, 0.05) is 12.6 Å². The van der Waals surface area contributed by atoms with Gasteiger partial charge in [0.2, 0.25) is 0 Å². The van der Waals surface area contributed by atoms with Gasteiger partial charge < -0.3 is 10.3 Å². The minimum Gasteiger partial charge on any atom is -0.341 e. The molecule has 0 aliphatic carbocycles. The molecule has 1 fully saturated rings. The molecule has 0 amide bonds. The lowest BCUT2D eigenvalue weighted by atomic mass is 10.0. The Labute approximate surface area is 149 Å². The van der Waals surface area contributed by atoms with Crippen LogP contribution in [0.3, 0.4) is 0 Å². The Morgan fingerprint density at radius 1 is 1.12 bits per heavy atom. The van der Waals surface area contributed by atoms with Crippen LogP contribution in [0.5, 0.6) is 0 Å². The smallest absolute Gasteiger partial charge is 0.121 e. The van der Waals surface area contributed by atoms with E-state index < -0.39 is 0 Å². The molecule has 0 atom stereocenters. The number of imidazole rings is 1. The highest BCUT2D eigenvalue weighted by molar-refractivity contribution is 5.75. The third-order valence-corrected chi connectivity index (χ3v) is 5.08. The first-order valence-electron chi connectivity index (χ1n) is 9.21.